The monoisotopic (exact) mass is 408 g/mol. The van der Waals surface area contributed by atoms with Crippen LogP contribution in [0, 0.1) is 0 Å². The van der Waals surface area contributed by atoms with Gasteiger partial charge in [0.2, 0.25) is 0 Å². The van der Waals surface area contributed by atoms with E-state index >= 15 is 0 Å². The van der Waals surface area contributed by atoms with Crippen LogP contribution in [0.15, 0.2) is 54.6 Å². The van der Waals surface area contributed by atoms with Crippen molar-refractivity contribution in [2.24, 2.45) is 0 Å². The van der Waals surface area contributed by atoms with Crippen molar-refractivity contribution in [1.29, 1.82) is 0 Å². The lowest BCUT2D eigenvalue weighted by atomic mass is 9.96. The van der Waals surface area contributed by atoms with Crippen LogP contribution >= 0.6 is 0 Å². The van der Waals surface area contributed by atoms with Crippen LogP contribution < -0.4 is 4.74 Å². The molecule has 0 spiro atoms. The molecule has 0 fully saturated rings. The summed E-state index contributed by atoms with van der Waals surface area (Å²) >= 11 is 0. The highest BCUT2D eigenvalue weighted by atomic mass is 16.5. The van der Waals surface area contributed by atoms with Crippen molar-refractivity contribution in [3.8, 4) is 17.2 Å². The Morgan fingerprint density at radius 2 is 1.70 bits per heavy atom. The van der Waals surface area contributed by atoms with Gasteiger partial charge in [0.1, 0.15) is 5.75 Å². The largest absolute Gasteiger partial charge is 0.504 e. The molecule has 5 nitrogen and oxygen atoms in total. The number of carboxylic acids is 1. The summed E-state index contributed by atoms with van der Waals surface area (Å²) in [4.78, 5) is 11.5. The van der Waals surface area contributed by atoms with Crippen LogP contribution in [0.1, 0.15) is 49.7 Å². The molecule has 0 saturated carbocycles. The normalized spacial score (nSPS) is 12.0. The lowest BCUT2D eigenvalue weighted by molar-refractivity contribution is -0.138. The van der Waals surface area contributed by atoms with Crippen LogP contribution in [0.3, 0.4) is 0 Å². The maximum absolute atomic E-state index is 11.5. The Labute approximate surface area is 176 Å². The smallest absolute Gasteiger partial charge is 0.310 e. The van der Waals surface area contributed by atoms with E-state index in [9.17, 15) is 20.1 Å². The zero-order valence-electron chi connectivity index (χ0n) is 17.2. The predicted molar refractivity (Wildman–Crippen MR) is 117 cm³/mol. The van der Waals surface area contributed by atoms with Crippen molar-refractivity contribution in [1.82, 2.24) is 0 Å². The Kier molecular flexibility index (Phi) is 7.17. The number of phenolic OH excluding ortho intramolecular Hbond substituents is 2. The second-order valence-electron chi connectivity index (χ2n) is 7.56. The zero-order valence-corrected chi connectivity index (χ0v) is 17.2. The van der Waals surface area contributed by atoms with Gasteiger partial charge < -0.3 is 20.1 Å². The van der Waals surface area contributed by atoms with Gasteiger partial charge in [-0.25, -0.2) is 0 Å². The highest BCUT2D eigenvalue weighted by Crippen LogP contribution is 2.35. The van der Waals surface area contributed by atoms with Crippen molar-refractivity contribution >= 4 is 16.7 Å². The third-order valence-corrected chi connectivity index (χ3v) is 5.43. The summed E-state index contributed by atoms with van der Waals surface area (Å²) < 4.78 is 6.09. The molecule has 3 rings (SSSR count). The molecule has 1 atom stereocenters. The molecule has 0 saturated heterocycles. The average molecular weight is 408 g/mol. The Morgan fingerprint density at radius 3 is 2.50 bits per heavy atom. The highest BCUT2D eigenvalue weighted by molar-refractivity contribution is 5.91. The minimum absolute atomic E-state index is 0.0307. The van der Waals surface area contributed by atoms with E-state index in [4.69, 9.17) is 4.74 Å². The fourth-order valence-electron chi connectivity index (χ4n) is 3.62. The molecule has 0 amide bonds. The van der Waals surface area contributed by atoms with Gasteiger partial charge in [-0.2, -0.15) is 0 Å². The molecule has 0 aliphatic carbocycles. The molecule has 0 unspecified atom stereocenters. The number of aliphatic carboxylic acids is 1. The van der Waals surface area contributed by atoms with Gasteiger partial charge in [0.25, 0.3) is 0 Å². The minimum atomic E-state index is -0.870. The molecule has 3 aromatic rings. The van der Waals surface area contributed by atoms with Gasteiger partial charge >= 0.3 is 5.97 Å². The van der Waals surface area contributed by atoms with Crippen molar-refractivity contribution in [3.63, 3.8) is 0 Å². The Balaban J connectivity index is 1.55. The van der Waals surface area contributed by atoms with Crippen LogP contribution in [0.4, 0.5) is 0 Å². The summed E-state index contributed by atoms with van der Waals surface area (Å²) in [5.41, 5.74) is 1.45. The van der Waals surface area contributed by atoms with Crippen LogP contribution in [0.5, 0.6) is 17.2 Å². The van der Waals surface area contributed by atoms with Gasteiger partial charge in [-0.1, -0.05) is 61.4 Å². The predicted octanol–water partition coefficient (Wildman–Crippen LogP) is 5.62. The number of phenols is 2. The fraction of sp³-hybridized carbons (Fsp3) is 0.320. The molecule has 0 heterocycles. The first-order valence-corrected chi connectivity index (χ1v) is 10.4. The number of unbranched alkanes of at least 4 members (excludes halogenated alkanes) is 3. The highest BCUT2D eigenvalue weighted by Gasteiger charge is 2.20. The molecule has 0 aliphatic heterocycles. The number of aromatic hydroxyl groups is 2. The van der Waals surface area contributed by atoms with Gasteiger partial charge in [0, 0.05) is 10.9 Å². The second-order valence-corrected chi connectivity index (χ2v) is 7.56. The minimum Gasteiger partial charge on any atom is -0.504 e. The van der Waals surface area contributed by atoms with Gasteiger partial charge in [-0.3, -0.25) is 4.79 Å². The lowest BCUT2D eigenvalue weighted by Crippen LogP contribution is -2.10. The van der Waals surface area contributed by atoms with E-state index < -0.39 is 11.9 Å². The number of benzene rings is 3. The van der Waals surface area contributed by atoms with Crippen molar-refractivity contribution < 1.29 is 24.9 Å². The molecule has 0 radical (unpaired) electrons. The maximum Gasteiger partial charge on any atom is 0.310 e. The standard InChI is InChI=1S/C25H28O5/c1-17(25(28)29)20-15-14-18-9-5-6-12-21(18)24(20)30-16-7-3-2-4-10-19-11-8-13-22(26)23(19)27/h5-6,8-9,11-15,17,26-27H,2-4,7,10,16H2,1H3,(H,28,29)/t17-/m0/s1. The number of ether oxygens (including phenoxy) is 1. The van der Waals surface area contributed by atoms with Gasteiger partial charge in [0.15, 0.2) is 11.5 Å². The van der Waals surface area contributed by atoms with E-state index in [0.29, 0.717) is 24.3 Å². The fourth-order valence-corrected chi connectivity index (χ4v) is 3.62. The Bertz CT molecular complexity index is 1010. The Hall–Kier alpha value is -3.21. The van der Waals surface area contributed by atoms with Crippen molar-refractivity contribution in [2.75, 3.05) is 6.61 Å². The number of hydrogen-bond acceptors (Lipinski definition) is 4. The van der Waals surface area contributed by atoms with Gasteiger partial charge in [-0.15, -0.1) is 0 Å². The average Bonchev–Trinajstić information content (AvgIpc) is 2.75. The molecule has 3 aromatic carbocycles. The quantitative estimate of drug-likeness (QED) is 0.299. The first kappa shape index (κ1) is 21.5. The number of rotatable bonds is 10. The third kappa shape index (κ3) is 5.03. The van der Waals surface area contributed by atoms with E-state index in [1.54, 1.807) is 13.0 Å². The molecule has 0 bridgehead atoms. The van der Waals surface area contributed by atoms with Crippen LogP contribution in [0.25, 0.3) is 10.8 Å². The molecule has 5 heteroatoms. The molecule has 3 N–H and O–H groups in total. The van der Waals surface area contributed by atoms with Crippen molar-refractivity contribution in [2.45, 2.75) is 44.9 Å². The second kappa shape index (κ2) is 10.0. The zero-order chi connectivity index (χ0) is 21.5. The van der Waals surface area contributed by atoms with Crippen LogP contribution in [0.2, 0.25) is 0 Å². The van der Waals surface area contributed by atoms with E-state index in [2.05, 4.69) is 0 Å². The number of para-hydroxylation sites is 1. The van der Waals surface area contributed by atoms with Gasteiger partial charge in [-0.05, 0) is 43.2 Å². The number of carboxylic acid groups (broad SMARTS) is 1. The molecule has 30 heavy (non-hydrogen) atoms. The van der Waals surface area contributed by atoms with E-state index in [1.165, 1.54) is 6.07 Å². The SMILES string of the molecule is C[C@H](C(=O)O)c1ccc2ccccc2c1OCCCCCCc1cccc(O)c1O. The summed E-state index contributed by atoms with van der Waals surface area (Å²) in [6.45, 7) is 2.20. The van der Waals surface area contributed by atoms with E-state index in [1.807, 2.05) is 42.5 Å². The third-order valence-electron chi connectivity index (χ3n) is 5.43. The van der Waals surface area contributed by atoms with Crippen LogP contribution in [-0.2, 0) is 11.2 Å². The topological polar surface area (TPSA) is 87.0 Å². The number of carbonyl (C=O) groups is 1. The van der Waals surface area contributed by atoms with Crippen molar-refractivity contribution in [3.05, 3.63) is 65.7 Å². The molecular weight excluding hydrogens is 380 g/mol. The first-order valence-electron chi connectivity index (χ1n) is 10.4. The summed E-state index contributed by atoms with van der Waals surface area (Å²) in [5.74, 6) is -0.961. The number of hydrogen-bond donors (Lipinski definition) is 3. The maximum atomic E-state index is 11.5. The number of fused-ring (bicyclic) bond motifs is 1. The number of aryl methyl sites for hydroxylation is 1. The molecule has 0 aliphatic rings. The van der Waals surface area contributed by atoms with Gasteiger partial charge in [0.05, 0.1) is 12.5 Å². The van der Waals surface area contributed by atoms with Crippen LogP contribution in [-0.4, -0.2) is 27.9 Å². The van der Waals surface area contributed by atoms with E-state index in [0.717, 1.165) is 42.0 Å². The molecule has 158 valence electrons. The first-order chi connectivity index (χ1) is 14.5. The summed E-state index contributed by atoms with van der Waals surface area (Å²) in [6.07, 6.45) is 4.42. The lowest BCUT2D eigenvalue weighted by Gasteiger charge is -2.17. The molecule has 0 aromatic heterocycles. The molecular formula is C25H28O5. The summed E-state index contributed by atoms with van der Waals surface area (Å²) in [6, 6.07) is 16.7. The van der Waals surface area contributed by atoms with E-state index in [-0.39, 0.29) is 11.5 Å². The summed E-state index contributed by atoms with van der Waals surface area (Å²) in [5, 5.41) is 30.8. The summed E-state index contributed by atoms with van der Waals surface area (Å²) in [7, 11) is 0. The Morgan fingerprint density at radius 1 is 0.933 bits per heavy atom.